The summed E-state index contributed by atoms with van der Waals surface area (Å²) in [6.45, 7) is 8.49. The largest absolute Gasteiger partial charge is 0.376 e. The Balaban J connectivity index is 1.95. The van der Waals surface area contributed by atoms with E-state index in [-0.39, 0.29) is 12.5 Å². The summed E-state index contributed by atoms with van der Waals surface area (Å²) < 4.78 is 0. The fourth-order valence-electron chi connectivity index (χ4n) is 2.60. The van der Waals surface area contributed by atoms with Gasteiger partial charge in [-0.25, -0.2) is 0 Å². The molecular weight excluding hydrogens is 272 g/mol. The van der Waals surface area contributed by atoms with Crippen molar-refractivity contribution in [2.45, 2.75) is 34.1 Å². The maximum Gasteiger partial charge on any atom is 0.243 e. The minimum atomic E-state index is -0.0328. The summed E-state index contributed by atoms with van der Waals surface area (Å²) in [5.41, 5.74) is 6.57. The zero-order valence-corrected chi connectivity index (χ0v) is 13.8. The highest BCUT2D eigenvalue weighted by atomic mass is 16.1. The number of benzene rings is 2. The highest BCUT2D eigenvalue weighted by Gasteiger charge is 2.08. The van der Waals surface area contributed by atoms with E-state index in [0.717, 1.165) is 28.9 Å². The Kier molecular flexibility index (Phi) is 5.21. The number of hydrogen-bond acceptors (Lipinski definition) is 2. The minimum absolute atomic E-state index is 0.0328. The average Bonchev–Trinajstić information content (AvgIpc) is 2.49. The van der Waals surface area contributed by atoms with E-state index in [1.807, 2.05) is 26.0 Å². The predicted molar refractivity (Wildman–Crippen MR) is 93.6 cm³/mol. The fourth-order valence-corrected chi connectivity index (χ4v) is 2.60. The summed E-state index contributed by atoms with van der Waals surface area (Å²) >= 11 is 0. The van der Waals surface area contributed by atoms with Crippen LogP contribution in [0.4, 0.5) is 11.4 Å². The minimum Gasteiger partial charge on any atom is -0.376 e. The summed E-state index contributed by atoms with van der Waals surface area (Å²) in [4.78, 5) is 12.1. The molecular formula is C19H24N2O. The van der Waals surface area contributed by atoms with Gasteiger partial charge in [0.2, 0.25) is 5.91 Å². The quantitative estimate of drug-likeness (QED) is 0.867. The van der Waals surface area contributed by atoms with Crippen LogP contribution in [-0.2, 0) is 11.2 Å². The molecule has 2 N–H and O–H groups in total. The van der Waals surface area contributed by atoms with Gasteiger partial charge >= 0.3 is 0 Å². The van der Waals surface area contributed by atoms with Crippen molar-refractivity contribution >= 4 is 17.3 Å². The molecule has 0 aromatic heterocycles. The van der Waals surface area contributed by atoms with Gasteiger partial charge in [-0.1, -0.05) is 36.8 Å². The van der Waals surface area contributed by atoms with Crippen LogP contribution in [0.2, 0.25) is 0 Å². The summed E-state index contributed by atoms with van der Waals surface area (Å²) in [5.74, 6) is -0.0328. The molecule has 116 valence electrons. The van der Waals surface area contributed by atoms with Crippen molar-refractivity contribution in [3.05, 3.63) is 58.7 Å². The van der Waals surface area contributed by atoms with E-state index in [1.165, 1.54) is 11.1 Å². The first kappa shape index (κ1) is 16.1. The molecule has 2 rings (SSSR count). The second-order valence-corrected chi connectivity index (χ2v) is 5.73. The van der Waals surface area contributed by atoms with E-state index in [1.54, 1.807) is 0 Å². The van der Waals surface area contributed by atoms with Crippen molar-refractivity contribution < 1.29 is 4.79 Å². The third-order valence-electron chi connectivity index (χ3n) is 3.76. The molecule has 0 unspecified atom stereocenters. The summed E-state index contributed by atoms with van der Waals surface area (Å²) in [7, 11) is 0. The normalized spacial score (nSPS) is 10.4. The first-order valence-electron chi connectivity index (χ1n) is 7.70. The first-order chi connectivity index (χ1) is 10.5. The highest BCUT2D eigenvalue weighted by Crippen LogP contribution is 2.21. The van der Waals surface area contributed by atoms with Crippen molar-refractivity contribution in [1.29, 1.82) is 0 Å². The lowest BCUT2D eigenvalue weighted by atomic mass is 10.1. The van der Waals surface area contributed by atoms with Gasteiger partial charge in [0.05, 0.1) is 6.54 Å². The second kappa shape index (κ2) is 7.12. The van der Waals surface area contributed by atoms with Gasteiger partial charge in [-0.15, -0.1) is 0 Å². The standard InChI is InChI=1S/C19H24N2O/c1-5-16-6-8-17(9-7-16)20-12-18(22)21-19-14(3)10-13(2)11-15(19)4/h6-11,20H,5,12H2,1-4H3,(H,21,22). The molecule has 3 nitrogen and oxygen atoms in total. The van der Waals surface area contributed by atoms with Gasteiger partial charge in [-0.2, -0.15) is 0 Å². The Hall–Kier alpha value is -2.29. The molecule has 0 atom stereocenters. The molecule has 0 aliphatic carbocycles. The van der Waals surface area contributed by atoms with Crippen molar-refractivity contribution in [1.82, 2.24) is 0 Å². The zero-order valence-electron chi connectivity index (χ0n) is 13.8. The Morgan fingerprint density at radius 3 is 2.14 bits per heavy atom. The molecule has 0 bridgehead atoms. The van der Waals surface area contributed by atoms with Crippen LogP contribution < -0.4 is 10.6 Å². The molecule has 0 spiro atoms. The molecule has 0 saturated carbocycles. The number of nitrogens with one attached hydrogen (secondary N) is 2. The van der Waals surface area contributed by atoms with Gasteiger partial charge in [0.1, 0.15) is 0 Å². The number of carbonyl (C=O) groups excluding carboxylic acids is 1. The third-order valence-corrected chi connectivity index (χ3v) is 3.76. The van der Waals surface area contributed by atoms with Crippen LogP contribution in [0.5, 0.6) is 0 Å². The number of hydrogen-bond donors (Lipinski definition) is 2. The molecule has 0 saturated heterocycles. The van der Waals surface area contributed by atoms with E-state index in [4.69, 9.17) is 0 Å². The molecule has 2 aromatic rings. The number of aryl methyl sites for hydroxylation is 4. The van der Waals surface area contributed by atoms with Gasteiger partial charge < -0.3 is 10.6 Å². The SMILES string of the molecule is CCc1ccc(NCC(=O)Nc2c(C)cc(C)cc2C)cc1. The van der Waals surface area contributed by atoms with Crippen LogP contribution in [0.1, 0.15) is 29.2 Å². The maximum absolute atomic E-state index is 12.1. The molecule has 0 aliphatic rings. The van der Waals surface area contributed by atoms with Crippen molar-refractivity contribution in [3.8, 4) is 0 Å². The third kappa shape index (κ3) is 4.10. The van der Waals surface area contributed by atoms with E-state index < -0.39 is 0 Å². The molecule has 0 heterocycles. The van der Waals surface area contributed by atoms with Crippen LogP contribution in [-0.4, -0.2) is 12.5 Å². The van der Waals surface area contributed by atoms with Gasteiger partial charge in [-0.3, -0.25) is 4.79 Å². The van der Waals surface area contributed by atoms with E-state index in [9.17, 15) is 4.79 Å². The smallest absolute Gasteiger partial charge is 0.243 e. The molecule has 0 aliphatic heterocycles. The van der Waals surface area contributed by atoms with Crippen LogP contribution >= 0.6 is 0 Å². The van der Waals surface area contributed by atoms with Crippen LogP contribution in [0.15, 0.2) is 36.4 Å². The maximum atomic E-state index is 12.1. The van der Waals surface area contributed by atoms with Gasteiger partial charge in [0.25, 0.3) is 0 Å². The second-order valence-electron chi connectivity index (χ2n) is 5.73. The van der Waals surface area contributed by atoms with Crippen molar-refractivity contribution in [2.24, 2.45) is 0 Å². The van der Waals surface area contributed by atoms with E-state index in [0.29, 0.717) is 0 Å². The monoisotopic (exact) mass is 296 g/mol. The predicted octanol–water partition coefficient (Wildman–Crippen LogP) is 4.22. The molecule has 0 radical (unpaired) electrons. The molecule has 3 heteroatoms. The summed E-state index contributed by atoms with van der Waals surface area (Å²) in [5, 5.41) is 6.15. The van der Waals surface area contributed by atoms with Crippen LogP contribution in [0, 0.1) is 20.8 Å². The number of carbonyl (C=O) groups is 1. The summed E-state index contributed by atoms with van der Waals surface area (Å²) in [6.07, 6.45) is 1.02. The van der Waals surface area contributed by atoms with Crippen LogP contribution in [0.25, 0.3) is 0 Å². The van der Waals surface area contributed by atoms with Gasteiger partial charge in [-0.05, 0) is 56.0 Å². The van der Waals surface area contributed by atoms with Crippen molar-refractivity contribution in [2.75, 3.05) is 17.2 Å². The first-order valence-corrected chi connectivity index (χ1v) is 7.70. The lowest BCUT2D eigenvalue weighted by Gasteiger charge is -2.13. The fraction of sp³-hybridized carbons (Fsp3) is 0.316. The number of rotatable bonds is 5. The zero-order chi connectivity index (χ0) is 16.1. The molecule has 22 heavy (non-hydrogen) atoms. The Labute approximate surface area is 132 Å². The average molecular weight is 296 g/mol. The lowest BCUT2D eigenvalue weighted by Crippen LogP contribution is -2.22. The topological polar surface area (TPSA) is 41.1 Å². The van der Waals surface area contributed by atoms with E-state index in [2.05, 4.69) is 48.7 Å². The van der Waals surface area contributed by atoms with Gasteiger partial charge in [0, 0.05) is 11.4 Å². The molecule has 2 aromatic carbocycles. The van der Waals surface area contributed by atoms with Crippen LogP contribution in [0.3, 0.4) is 0 Å². The Morgan fingerprint density at radius 2 is 1.59 bits per heavy atom. The van der Waals surface area contributed by atoms with Gasteiger partial charge in [0.15, 0.2) is 0 Å². The Bertz CT molecular complexity index is 637. The van der Waals surface area contributed by atoms with E-state index >= 15 is 0 Å². The number of amides is 1. The highest BCUT2D eigenvalue weighted by molar-refractivity contribution is 5.95. The lowest BCUT2D eigenvalue weighted by molar-refractivity contribution is -0.114. The molecule has 1 amide bonds. The van der Waals surface area contributed by atoms with Crippen molar-refractivity contribution in [3.63, 3.8) is 0 Å². The number of anilines is 2. The Morgan fingerprint density at radius 1 is 1.00 bits per heavy atom. The molecule has 0 fully saturated rings. The summed E-state index contributed by atoms with van der Waals surface area (Å²) in [6, 6.07) is 12.3.